The minimum Gasteiger partial charge on any atom is -0.325 e. The van der Waals surface area contributed by atoms with E-state index in [9.17, 15) is 4.79 Å². The highest BCUT2D eigenvalue weighted by atomic mass is 79.9. The molecule has 0 spiro atoms. The number of rotatable bonds is 3. The highest BCUT2D eigenvalue weighted by Crippen LogP contribution is 2.64. The molecule has 22 heavy (non-hydrogen) atoms. The summed E-state index contributed by atoms with van der Waals surface area (Å²) in [4.78, 5) is 13.1. The van der Waals surface area contributed by atoms with E-state index in [0.717, 1.165) is 43.2 Å². The zero-order chi connectivity index (χ0) is 15.4. The molecule has 1 N–H and O–H groups in total. The summed E-state index contributed by atoms with van der Waals surface area (Å²) < 4.78 is 0.235. The molecule has 0 radical (unpaired) electrons. The number of aryl methyl sites for hydroxylation is 1. The molecule has 4 aliphatic rings. The van der Waals surface area contributed by atoms with E-state index in [-0.39, 0.29) is 15.6 Å². The number of amides is 1. The largest absolute Gasteiger partial charge is 0.325 e. The van der Waals surface area contributed by atoms with Crippen LogP contribution in [0.25, 0.3) is 0 Å². The highest BCUT2D eigenvalue weighted by molar-refractivity contribution is 9.10. The van der Waals surface area contributed by atoms with Crippen molar-refractivity contribution in [3.63, 3.8) is 0 Å². The standard InChI is InChI=1S/C19H24BrNO/c1-2-15-5-3-4-6-16(15)21-17(22)18-8-13-7-14(9-18)11-19(20,10-13)12-18/h3-6,13-14H,2,7-12H2,1H3,(H,21,22)/t13-,14+,18?,19?. The van der Waals surface area contributed by atoms with Crippen LogP contribution in [0.5, 0.6) is 0 Å². The van der Waals surface area contributed by atoms with Gasteiger partial charge in [0.05, 0.1) is 5.41 Å². The van der Waals surface area contributed by atoms with Crippen molar-refractivity contribution in [1.82, 2.24) is 0 Å². The second-order valence-corrected chi connectivity index (χ2v) is 9.54. The van der Waals surface area contributed by atoms with E-state index >= 15 is 0 Å². The zero-order valence-corrected chi connectivity index (χ0v) is 14.8. The topological polar surface area (TPSA) is 29.1 Å². The van der Waals surface area contributed by atoms with E-state index in [0.29, 0.717) is 0 Å². The third kappa shape index (κ3) is 2.33. The normalized spacial score (nSPS) is 39.0. The number of alkyl halides is 1. The van der Waals surface area contributed by atoms with Crippen molar-refractivity contribution in [1.29, 1.82) is 0 Å². The van der Waals surface area contributed by atoms with Crippen LogP contribution in [-0.4, -0.2) is 10.2 Å². The molecule has 118 valence electrons. The molecule has 4 atom stereocenters. The Morgan fingerprint density at radius 1 is 1.23 bits per heavy atom. The summed E-state index contributed by atoms with van der Waals surface area (Å²) in [5, 5.41) is 3.28. The number of hydrogen-bond acceptors (Lipinski definition) is 1. The van der Waals surface area contributed by atoms with E-state index in [1.807, 2.05) is 18.2 Å². The van der Waals surface area contributed by atoms with Crippen LogP contribution in [0.1, 0.15) is 51.0 Å². The van der Waals surface area contributed by atoms with Gasteiger partial charge in [-0.05, 0) is 68.4 Å². The fourth-order valence-corrected chi connectivity index (χ4v) is 7.07. The van der Waals surface area contributed by atoms with Gasteiger partial charge in [-0.15, -0.1) is 0 Å². The van der Waals surface area contributed by atoms with Gasteiger partial charge in [-0.3, -0.25) is 4.79 Å². The van der Waals surface area contributed by atoms with Gasteiger partial charge in [0.2, 0.25) is 5.91 Å². The van der Waals surface area contributed by atoms with Gasteiger partial charge in [-0.25, -0.2) is 0 Å². The maximum atomic E-state index is 13.1. The van der Waals surface area contributed by atoms with Crippen LogP contribution < -0.4 is 5.32 Å². The number of nitrogens with one attached hydrogen (secondary N) is 1. The van der Waals surface area contributed by atoms with Crippen LogP contribution in [0.2, 0.25) is 0 Å². The Kier molecular flexibility index (Phi) is 3.41. The predicted octanol–water partition coefficient (Wildman–Crippen LogP) is 4.92. The predicted molar refractivity (Wildman–Crippen MR) is 93.2 cm³/mol. The van der Waals surface area contributed by atoms with E-state index in [2.05, 4.69) is 34.2 Å². The number of carbonyl (C=O) groups excluding carboxylic acids is 1. The molecular formula is C19H24BrNO. The number of hydrogen-bond donors (Lipinski definition) is 1. The summed E-state index contributed by atoms with van der Waals surface area (Å²) in [7, 11) is 0. The lowest BCUT2D eigenvalue weighted by molar-refractivity contribution is -0.138. The molecule has 2 unspecified atom stereocenters. The van der Waals surface area contributed by atoms with Crippen LogP contribution in [0.4, 0.5) is 5.69 Å². The molecule has 0 aliphatic heterocycles. The van der Waals surface area contributed by atoms with E-state index in [1.165, 1.54) is 24.8 Å². The number of halogens is 1. The van der Waals surface area contributed by atoms with Crippen molar-refractivity contribution in [3.8, 4) is 0 Å². The number of carbonyl (C=O) groups is 1. The molecule has 0 saturated heterocycles. The van der Waals surface area contributed by atoms with Crippen LogP contribution in [0.3, 0.4) is 0 Å². The summed E-state index contributed by atoms with van der Waals surface area (Å²) in [6.07, 6.45) is 8.04. The van der Waals surface area contributed by atoms with Crippen molar-refractivity contribution in [3.05, 3.63) is 29.8 Å². The van der Waals surface area contributed by atoms with Crippen LogP contribution in [0, 0.1) is 17.3 Å². The SMILES string of the molecule is CCc1ccccc1NC(=O)C12C[C@@H]3C[C@@H](CC(Br)(C3)C1)C2. The average Bonchev–Trinajstić information content (AvgIpc) is 2.45. The Balaban J connectivity index is 1.60. The Bertz CT molecular complexity index is 597. The van der Waals surface area contributed by atoms with E-state index in [4.69, 9.17) is 0 Å². The van der Waals surface area contributed by atoms with E-state index < -0.39 is 0 Å². The van der Waals surface area contributed by atoms with Gasteiger partial charge in [0.15, 0.2) is 0 Å². The van der Waals surface area contributed by atoms with Gasteiger partial charge in [0.1, 0.15) is 0 Å². The summed E-state index contributed by atoms with van der Waals surface area (Å²) >= 11 is 3.99. The molecule has 4 aliphatic carbocycles. The third-order valence-corrected chi connectivity index (χ3v) is 7.05. The number of anilines is 1. The lowest BCUT2D eigenvalue weighted by Crippen LogP contribution is -2.57. The molecule has 0 heterocycles. The second-order valence-electron chi connectivity index (χ2n) is 7.86. The third-order valence-electron chi connectivity index (χ3n) is 6.12. The lowest BCUT2D eigenvalue weighted by atomic mass is 9.49. The fourth-order valence-electron chi connectivity index (χ4n) is 5.62. The molecule has 4 fully saturated rings. The molecule has 0 aromatic heterocycles. The van der Waals surface area contributed by atoms with Crippen LogP contribution in [0.15, 0.2) is 24.3 Å². The molecule has 4 saturated carbocycles. The van der Waals surface area contributed by atoms with Crippen molar-refractivity contribution in [2.45, 2.75) is 56.2 Å². The van der Waals surface area contributed by atoms with Gasteiger partial charge in [-0.2, -0.15) is 0 Å². The first-order valence-electron chi connectivity index (χ1n) is 8.60. The molecule has 4 bridgehead atoms. The van der Waals surface area contributed by atoms with Gasteiger partial charge >= 0.3 is 0 Å². The summed E-state index contributed by atoms with van der Waals surface area (Å²) in [6.45, 7) is 2.14. The summed E-state index contributed by atoms with van der Waals surface area (Å²) in [6, 6.07) is 8.22. The lowest BCUT2D eigenvalue weighted by Gasteiger charge is -2.59. The number of benzene rings is 1. The van der Waals surface area contributed by atoms with Gasteiger partial charge in [0, 0.05) is 10.0 Å². The van der Waals surface area contributed by atoms with Crippen molar-refractivity contribution in [2.75, 3.05) is 5.32 Å². The van der Waals surface area contributed by atoms with Gasteiger partial charge in [0.25, 0.3) is 0 Å². The molecule has 5 rings (SSSR count). The zero-order valence-electron chi connectivity index (χ0n) is 13.2. The minimum atomic E-state index is -0.131. The van der Waals surface area contributed by atoms with Crippen LogP contribution >= 0.6 is 15.9 Å². The Labute approximate surface area is 141 Å². The summed E-state index contributed by atoms with van der Waals surface area (Å²) in [5.74, 6) is 1.76. The van der Waals surface area contributed by atoms with Gasteiger partial charge in [-0.1, -0.05) is 41.1 Å². The molecule has 1 aromatic carbocycles. The number of para-hydroxylation sites is 1. The van der Waals surface area contributed by atoms with Gasteiger partial charge < -0.3 is 5.32 Å². The highest BCUT2D eigenvalue weighted by Gasteiger charge is 2.59. The Hall–Kier alpha value is -0.830. The Morgan fingerprint density at radius 3 is 2.55 bits per heavy atom. The summed E-state index contributed by atoms with van der Waals surface area (Å²) in [5.41, 5.74) is 2.11. The monoisotopic (exact) mass is 361 g/mol. The maximum absolute atomic E-state index is 13.1. The van der Waals surface area contributed by atoms with Crippen molar-refractivity contribution >= 4 is 27.5 Å². The Morgan fingerprint density at radius 2 is 1.91 bits per heavy atom. The van der Waals surface area contributed by atoms with E-state index in [1.54, 1.807) is 0 Å². The second kappa shape index (κ2) is 5.09. The molecular weight excluding hydrogens is 338 g/mol. The van der Waals surface area contributed by atoms with Crippen LogP contribution in [-0.2, 0) is 11.2 Å². The molecule has 2 nitrogen and oxygen atoms in total. The smallest absolute Gasteiger partial charge is 0.230 e. The molecule has 1 amide bonds. The first kappa shape index (κ1) is 14.7. The quantitative estimate of drug-likeness (QED) is 0.760. The molecule has 1 aromatic rings. The maximum Gasteiger partial charge on any atom is 0.230 e. The minimum absolute atomic E-state index is 0.131. The first-order valence-corrected chi connectivity index (χ1v) is 9.39. The average molecular weight is 362 g/mol. The fraction of sp³-hybridized carbons (Fsp3) is 0.632. The first-order chi connectivity index (χ1) is 10.5. The molecule has 3 heteroatoms. The van der Waals surface area contributed by atoms with Crippen molar-refractivity contribution in [2.24, 2.45) is 17.3 Å². The van der Waals surface area contributed by atoms with Crippen molar-refractivity contribution < 1.29 is 4.79 Å².